The number of aromatic carboxylic acids is 1. The van der Waals surface area contributed by atoms with Crippen LogP contribution in [0.1, 0.15) is 51.6 Å². The molecule has 0 unspecified atom stereocenters. The summed E-state index contributed by atoms with van der Waals surface area (Å²) in [4.78, 5) is 22.5. The van der Waals surface area contributed by atoms with Crippen LogP contribution in [0.5, 0.6) is 11.5 Å². The van der Waals surface area contributed by atoms with Crippen LogP contribution in [0.15, 0.2) is 48.8 Å². The van der Waals surface area contributed by atoms with Gasteiger partial charge in [0.1, 0.15) is 6.61 Å². The number of nitrogens with zero attached hydrogens (tertiary/aromatic N) is 2. The molecule has 3 rings (SSSR count). The molecule has 0 bridgehead atoms. The molecule has 0 atom stereocenters. The Morgan fingerprint density at radius 2 is 2.00 bits per heavy atom. The van der Waals surface area contributed by atoms with Gasteiger partial charge in [0.25, 0.3) is 0 Å². The van der Waals surface area contributed by atoms with Crippen molar-refractivity contribution in [2.75, 3.05) is 7.11 Å². The number of aryl methyl sites for hydroxylation is 1. The van der Waals surface area contributed by atoms with E-state index in [0.717, 1.165) is 36.8 Å². The van der Waals surface area contributed by atoms with E-state index in [4.69, 9.17) is 9.47 Å². The lowest BCUT2D eigenvalue weighted by Gasteiger charge is -2.17. The Morgan fingerprint density at radius 3 is 2.67 bits per heavy atom. The van der Waals surface area contributed by atoms with Gasteiger partial charge >= 0.3 is 5.97 Å². The Morgan fingerprint density at radius 1 is 1.20 bits per heavy atom. The Labute approximate surface area is 174 Å². The zero-order valence-electron chi connectivity index (χ0n) is 17.0. The molecular weight excluding hydrogens is 384 g/mol. The van der Waals surface area contributed by atoms with Gasteiger partial charge in [-0.15, -0.1) is 0 Å². The van der Waals surface area contributed by atoms with E-state index in [9.17, 15) is 14.7 Å². The average molecular weight is 408 g/mol. The van der Waals surface area contributed by atoms with Crippen molar-refractivity contribution in [1.29, 1.82) is 0 Å². The molecule has 3 aromatic rings. The maximum absolute atomic E-state index is 11.5. The molecule has 1 N–H and O–H groups in total. The largest absolute Gasteiger partial charge is 0.493 e. The van der Waals surface area contributed by atoms with Crippen LogP contribution in [-0.4, -0.2) is 34.3 Å². The maximum atomic E-state index is 11.5. The van der Waals surface area contributed by atoms with Crippen molar-refractivity contribution < 1.29 is 24.2 Å². The number of hydrogen-bond donors (Lipinski definition) is 1. The van der Waals surface area contributed by atoms with Gasteiger partial charge in [-0.2, -0.15) is 5.10 Å². The predicted molar refractivity (Wildman–Crippen MR) is 112 cm³/mol. The van der Waals surface area contributed by atoms with Crippen molar-refractivity contribution in [1.82, 2.24) is 9.78 Å². The number of carboxylic acids is 1. The minimum absolute atomic E-state index is 0.0747. The van der Waals surface area contributed by atoms with Crippen molar-refractivity contribution in [3.05, 3.63) is 71.0 Å². The number of carboxylic acid groups (broad SMARTS) is 1. The predicted octanol–water partition coefficient (Wildman–Crippen LogP) is 4.31. The summed E-state index contributed by atoms with van der Waals surface area (Å²) in [6, 6.07) is 10.4. The Hall–Kier alpha value is -3.61. The summed E-state index contributed by atoms with van der Waals surface area (Å²) in [7, 11) is 1.56. The molecule has 7 nitrogen and oxygen atoms in total. The number of carbonyl (C=O) groups is 2. The van der Waals surface area contributed by atoms with E-state index in [1.807, 2.05) is 12.1 Å². The van der Waals surface area contributed by atoms with Gasteiger partial charge < -0.3 is 14.6 Å². The monoisotopic (exact) mass is 408 g/mol. The van der Waals surface area contributed by atoms with E-state index in [1.54, 1.807) is 42.3 Å². The first-order valence-corrected chi connectivity index (χ1v) is 9.72. The molecule has 1 aromatic heterocycles. The molecule has 0 fully saturated rings. The second kappa shape index (κ2) is 9.73. The molecule has 0 aliphatic rings. The van der Waals surface area contributed by atoms with E-state index in [1.165, 1.54) is 6.20 Å². The number of unbranched alkanes of at least 4 members (excludes halogenated alkanes) is 1. The minimum Gasteiger partial charge on any atom is -0.493 e. The SMILES string of the molecule is CCCCc1cc(OC)c(OCc2ccccc2C(=O)O)cc1-n1cc(C=O)cn1. The number of carbonyl (C=O) groups excluding carboxylic acids is 1. The number of benzene rings is 2. The van der Waals surface area contributed by atoms with Crippen LogP contribution in [0.2, 0.25) is 0 Å². The van der Waals surface area contributed by atoms with Gasteiger partial charge in [-0.05, 0) is 30.5 Å². The van der Waals surface area contributed by atoms with Crippen molar-refractivity contribution >= 4 is 12.3 Å². The second-order valence-corrected chi connectivity index (χ2v) is 6.82. The summed E-state index contributed by atoms with van der Waals surface area (Å²) in [6.07, 6.45) is 6.76. The average Bonchev–Trinajstić information content (AvgIpc) is 3.25. The molecule has 0 aliphatic carbocycles. The summed E-state index contributed by atoms with van der Waals surface area (Å²) in [5, 5.41) is 13.7. The van der Waals surface area contributed by atoms with Gasteiger partial charge in [0, 0.05) is 17.8 Å². The third-order valence-electron chi connectivity index (χ3n) is 4.78. The van der Waals surface area contributed by atoms with Crippen molar-refractivity contribution in [3.8, 4) is 17.2 Å². The first-order chi connectivity index (χ1) is 14.6. The van der Waals surface area contributed by atoms with Crippen LogP contribution >= 0.6 is 0 Å². The smallest absolute Gasteiger partial charge is 0.336 e. The first-order valence-electron chi connectivity index (χ1n) is 9.72. The molecule has 30 heavy (non-hydrogen) atoms. The summed E-state index contributed by atoms with van der Waals surface area (Å²) < 4.78 is 13.1. The number of hydrogen-bond acceptors (Lipinski definition) is 5. The number of aromatic nitrogens is 2. The summed E-state index contributed by atoms with van der Waals surface area (Å²) in [6.45, 7) is 2.19. The van der Waals surface area contributed by atoms with Gasteiger partial charge in [0.05, 0.1) is 30.1 Å². The molecule has 2 aromatic carbocycles. The Bertz CT molecular complexity index is 1040. The third-order valence-corrected chi connectivity index (χ3v) is 4.78. The summed E-state index contributed by atoms with van der Waals surface area (Å²) in [5.74, 6) is 0.0196. The highest BCUT2D eigenvalue weighted by atomic mass is 16.5. The number of ether oxygens (including phenoxy) is 2. The molecule has 156 valence electrons. The molecule has 0 spiro atoms. The molecule has 0 aliphatic heterocycles. The van der Waals surface area contributed by atoms with Crippen molar-refractivity contribution in [3.63, 3.8) is 0 Å². The molecule has 7 heteroatoms. The fourth-order valence-electron chi connectivity index (χ4n) is 3.18. The van der Waals surface area contributed by atoms with Crippen molar-refractivity contribution in [2.24, 2.45) is 0 Å². The number of aldehydes is 1. The highest BCUT2D eigenvalue weighted by Gasteiger charge is 2.16. The maximum Gasteiger partial charge on any atom is 0.336 e. The van der Waals surface area contributed by atoms with E-state index in [-0.39, 0.29) is 12.2 Å². The van der Waals surface area contributed by atoms with E-state index < -0.39 is 5.97 Å². The second-order valence-electron chi connectivity index (χ2n) is 6.82. The van der Waals surface area contributed by atoms with Gasteiger partial charge in [-0.25, -0.2) is 9.48 Å². The van der Waals surface area contributed by atoms with E-state index >= 15 is 0 Å². The van der Waals surface area contributed by atoms with Crippen LogP contribution in [0.4, 0.5) is 0 Å². The molecule has 0 amide bonds. The Kier molecular flexibility index (Phi) is 6.85. The van der Waals surface area contributed by atoms with Crippen LogP contribution in [-0.2, 0) is 13.0 Å². The summed E-state index contributed by atoms with van der Waals surface area (Å²) in [5.41, 5.74) is 3.04. The lowest BCUT2D eigenvalue weighted by Crippen LogP contribution is -2.07. The molecule has 0 radical (unpaired) electrons. The van der Waals surface area contributed by atoms with Crippen LogP contribution in [0.3, 0.4) is 0 Å². The zero-order valence-corrected chi connectivity index (χ0v) is 17.0. The van der Waals surface area contributed by atoms with Gasteiger partial charge in [-0.3, -0.25) is 4.79 Å². The molecule has 1 heterocycles. The molecule has 0 saturated heterocycles. The van der Waals surface area contributed by atoms with Crippen LogP contribution < -0.4 is 9.47 Å². The van der Waals surface area contributed by atoms with E-state index in [0.29, 0.717) is 22.6 Å². The van der Waals surface area contributed by atoms with Gasteiger partial charge in [0.2, 0.25) is 0 Å². The fourth-order valence-corrected chi connectivity index (χ4v) is 3.18. The van der Waals surface area contributed by atoms with Crippen LogP contribution in [0, 0.1) is 0 Å². The topological polar surface area (TPSA) is 90.7 Å². The van der Waals surface area contributed by atoms with Gasteiger partial charge in [-0.1, -0.05) is 31.5 Å². The molecule has 0 saturated carbocycles. The van der Waals surface area contributed by atoms with Crippen molar-refractivity contribution in [2.45, 2.75) is 32.8 Å². The number of rotatable bonds is 10. The third kappa shape index (κ3) is 4.68. The zero-order chi connectivity index (χ0) is 21.5. The summed E-state index contributed by atoms with van der Waals surface area (Å²) >= 11 is 0. The number of methoxy groups -OCH3 is 1. The first kappa shape index (κ1) is 21.1. The van der Waals surface area contributed by atoms with E-state index in [2.05, 4.69) is 12.0 Å². The normalized spacial score (nSPS) is 10.6. The highest BCUT2D eigenvalue weighted by molar-refractivity contribution is 5.89. The quantitative estimate of drug-likeness (QED) is 0.503. The highest BCUT2D eigenvalue weighted by Crippen LogP contribution is 2.34. The fraction of sp³-hybridized carbons (Fsp3) is 0.261. The Balaban J connectivity index is 1.98. The lowest BCUT2D eigenvalue weighted by atomic mass is 10.0. The lowest BCUT2D eigenvalue weighted by molar-refractivity contribution is 0.0693. The molecular formula is C23H24N2O5. The van der Waals surface area contributed by atoms with Gasteiger partial charge in [0.15, 0.2) is 17.8 Å². The minimum atomic E-state index is -1.00. The standard InChI is InChI=1S/C23H24N2O5/c1-3-4-7-17-10-21(29-2)22(11-20(17)25-13-16(14-26)12-24-25)30-15-18-8-5-6-9-19(18)23(27)28/h5-6,8-14H,3-4,7,15H2,1-2H3,(H,27,28). The van der Waals surface area contributed by atoms with Crippen LogP contribution in [0.25, 0.3) is 5.69 Å².